The van der Waals surface area contributed by atoms with Gasteiger partial charge in [-0.25, -0.2) is 0 Å². The van der Waals surface area contributed by atoms with Crippen LogP contribution in [0.5, 0.6) is 0 Å². The Balaban J connectivity index is 2.54. The van der Waals surface area contributed by atoms with Gasteiger partial charge in [0.1, 0.15) is 0 Å². The van der Waals surface area contributed by atoms with Gasteiger partial charge in [0, 0.05) is 0 Å². The Morgan fingerprint density at radius 3 is 2.71 bits per heavy atom. The molecule has 3 atom stereocenters. The Kier molecular flexibility index (Phi) is 3.53. The minimum atomic E-state index is -0.255. The molecular formula is C11H20O3. The van der Waals surface area contributed by atoms with Crippen LogP contribution in [0.4, 0.5) is 0 Å². The third-order valence-corrected chi connectivity index (χ3v) is 3.54. The van der Waals surface area contributed by atoms with Crippen molar-refractivity contribution in [1.82, 2.24) is 0 Å². The van der Waals surface area contributed by atoms with Crippen LogP contribution in [-0.4, -0.2) is 23.8 Å². The molecule has 1 fully saturated rings. The summed E-state index contributed by atoms with van der Waals surface area (Å²) in [6, 6.07) is 0. The van der Waals surface area contributed by atoms with Gasteiger partial charge in [0.15, 0.2) is 0 Å². The first-order chi connectivity index (χ1) is 6.49. The van der Waals surface area contributed by atoms with Crippen LogP contribution in [0.1, 0.15) is 40.0 Å². The van der Waals surface area contributed by atoms with Gasteiger partial charge < -0.3 is 9.84 Å². The number of carbonyl (C=O) groups is 1. The van der Waals surface area contributed by atoms with Gasteiger partial charge in [-0.3, -0.25) is 4.79 Å². The summed E-state index contributed by atoms with van der Waals surface area (Å²) < 4.78 is 4.93. The largest absolute Gasteiger partial charge is 0.466 e. The van der Waals surface area contributed by atoms with E-state index in [1.54, 1.807) is 0 Å². The predicted molar refractivity (Wildman–Crippen MR) is 53.8 cm³/mol. The molecule has 1 rings (SSSR count). The highest BCUT2D eigenvalue weighted by Crippen LogP contribution is 2.45. The molecule has 0 aliphatic heterocycles. The van der Waals surface area contributed by atoms with E-state index in [9.17, 15) is 9.90 Å². The summed E-state index contributed by atoms with van der Waals surface area (Å²) >= 11 is 0. The highest BCUT2D eigenvalue weighted by molar-refractivity contribution is 5.70. The average Bonchev–Trinajstić information content (AvgIpc) is 2.34. The van der Waals surface area contributed by atoms with Crippen molar-refractivity contribution in [2.24, 2.45) is 11.3 Å². The van der Waals surface area contributed by atoms with Gasteiger partial charge in [-0.2, -0.15) is 0 Å². The van der Waals surface area contributed by atoms with E-state index >= 15 is 0 Å². The zero-order valence-corrected chi connectivity index (χ0v) is 9.25. The molecule has 0 saturated heterocycles. The van der Waals surface area contributed by atoms with E-state index in [2.05, 4.69) is 6.92 Å². The van der Waals surface area contributed by atoms with Crippen LogP contribution in [0, 0.1) is 11.3 Å². The fraction of sp³-hybridized carbons (Fsp3) is 0.909. The van der Waals surface area contributed by atoms with Crippen LogP contribution in [-0.2, 0) is 9.53 Å². The third-order valence-electron chi connectivity index (χ3n) is 3.54. The lowest BCUT2D eigenvalue weighted by Gasteiger charge is -2.28. The van der Waals surface area contributed by atoms with Crippen molar-refractivity contribution < 1.29 is 14.6 Å². The molecule has 3 nitrogen and oxygen atoms in total. The second-order valence-electron chi connectivity index (χ2n) is 4.53. The molecule has 0 bridgehead atoms. The lowest BCUT2D eigenvalue weighted by Crippen LogP contribution is -2.28. The Hall–Kier alpha value is -0.570. The predicted octanol–water partition coefficient (Wildman–Crippen LogP) is 1.74. The van der Waals surface area contributed by atoms with Crippen LogP contribution in [0.15, 0.2) is 0 Å². The van der Waals surface area contributed by atoms with Gasteiger partial charge in [0.2, 0.25) is 0 Å². The van der Waals surface area contributed by atoms with Crippen LogP contribution in [0.25, 0.3) is 0 Å². The molecule has 0 radical (unpaired) electrons. The van der Waals surface area contributed by atoms with E-state index in [0.29, 0.717) is 13.0 Å². The van der Waals surface area contributed by atoms with Crippen molar-refractivity contribution >= 4 is 5.97 Å². The normalized spacial score (nSPS) is 37.1. The van der Waals surface area contributed by atoms with Crippen molar-refractivity contribution in [3.8, 4) is 0 Å². The molecule has 0 aromatic rings. The Morgan fingerprint density at radius 2 is 2.29 bits per heavy atom. The average molecular weight is 200 g/mol. The van der Waals surface area contributed by atoms with Gasteiger partial charge in [-0.15, -0.1) is 0 Å². The third kappa shape index (κ3) is 2.27. The first-order valence-corrected chi connectivity index (χ1v) is 5.33. The Bertz CT molecular complexity index is 215. The zero-order chi connectivity index (χ0) is 10.8. The first kappa shape index (κ1) is 11.5. The molecule has 14 heavy (non-hydrogen) atoms. The maximum Gasteiger partial charge on any atom is 0.306 e. The molecule has 1 aliphatic carbocycles. The second-order valence-corrected chi connectivity index (χ2v) is 4.53. The molecule has 1 N–H and O–H groups in total. The van der Waals surface area contributed by atoms with Gasteiger partial charge in [0.25, 0.3) is 0 Å². The number of carbonyl (C=O) groups excluding carboxylic acids is 1. The molecule has 82 valence electrons. The number of aliphatic hydroxyl groups is 1. The molecule has 1 aliphatic rings. The minimum absolute atomic E-state index is 0.0777. The van der Waals surface area contributed by atoms with Crippen LogP contribution >= 0.6 is 0 Å². The smallest absolute Gasteiger partial charge is 0.306 e. The quantitative estimate of drug-likeness (QED) is 0.706. The second kappa shape index (κ2) is 4.30. The van der Waals surface area contributed by atoms with Crippen LogP contribution < -0.4 is 0 Å². The van der Waals surface area contributed by atoms with E-state index in [0.717, 1.165) is 12.8 Å². The molecule has 0 amide bonds. The number of aliphatic hydroxyl groups excluding tert-OH is 1. The van der Waals surface area contributed by atoms with E-state index < -0.39 is 0 Å². The van der Waals surface area contributed by atoms with Crippen molar-refractivity contribution in [3.05, 3.63) is 0 Å². The standard InChI is InChI=1S/C11H20O3/c1-4-14-10(13)7-11(3)6-5-9(12)8(11)2/h8-9,12H,4-7H2,1-3H3. The SMILES string of the molecule is CCOC(=O)CC1(C)CCC(O)C1C. The molecule has 0 aromatic carbocycles. The topological polar surface area (TPSA) is 46.5 Å². The van der Waals surface area contributed by atoms with Crippen molar-refractivity contribution in [1.29, 1.82) is 0 Å². The van der Waals surface area contributed by atoms with Gasteiger partial charge in [-0.05, 0) is 31.1 Å². The Morgan fingerprint density at radius 1 is 1.64 bits per heavy atom. The van der Waals surface area contributed by atoms with Gasteiger partial charge in [-0.1, -0.05) is 13.8 Å². The van der Waals surface area contributed by atoms with Crippen molar-refractivity contribution in [2.75, 3.05) is 6.61 Å². The fourth-order valence-electron chi connectivity index (χ4n) is 2.21. The number of esters is 1. The summed E-state index contributed by atoms with van der Waals surface area (Å²) in [6.07, 6.45) is 1.89. The molecule has 3 heteroatoms. The molecule has 1 saturated carbocycles. The molecular weight excluding hydrogens is 180 g/mol. The zero-order valence-electron chi connectivity index (χ0n) is 9.25. The lowest BCUT2D eigenvalue weighted by molar-refractivity contribution is -0.146. The number of hydrogen-bond donors (Lipinski definition) is 1. The van der Waals surface area contributed by atoms with Crippen molar-refractivity contribution in [3.63, 3.8) is 0 Å². The van der Waals surface area contributed by atoms with E-state index in [4.69, 9.17) is 4.74 Å². The summed E-state index contributed by atoms with van der Waals surface area (Å²) in [5, 5.41) is 9.62. The first-order valence-electron chi connectivity index (χ1n) is 5.33. The summed E-state index contributed by atoms with van der Waals surface area (Å²) in [7, 11) is 0. The minimum Gasteiger partial charge on any atom is -0.466 e. The highest BCUT2D eigenvalue weighted by atomic mass is 16.5. The molecule has 0 spiro atoms. The van der Waals surface area contributed by atoms with E-state index in [1.807, 2.05) is 13.8 Å². The molecule has 0 heterocycles. The summed E-state index contributed by atoms with van der Waals surface area (Å²) in [6.45, 7) is 6.32. The summed E-state index contributed by atoms with van der Waals surface area (Å²) in [5.41, 5.74) is -0.0777. The number of ether oxygens (including phenoxy) is 1. The maximum absolute atomic E-state index is 11.4. The lowest BCUT2D eigenvalue weighted by atomic mass is 9.77. The Labute approximate surface area is 85.5 Å². The van der Waals surface area contributed by atoms with E-state index in [-0.39, 0.29) is 23.4 Å². The van der Waals surface area contributed by atoms with Crippen LogP contribution in [0.3, 0.4) is 0 Å². The van der Waals surface area contributed by atoms with Gasteiger partial charge in [0.05, 0.1) is 19.1 Å². The van der Waals surface area contributed by atoms with Gasteiger partial charge >= 0.3 is 5.97 Å². The maximum atomic E-state index is 11.4. The number of hydrogen-bond acceptors (Lipinski definition) is 3. The highest BCUT2D eigenvalue weighted by Gasteiger charge is 2.43. The fourth-order valence-corrected chi connectivity index (χ4v) is 2.21. The van der Waals surface area contributed by atoms with Crippen molar-refractivity contribution in [2.45, 2.75) is 46.1 Å². The summed E-state index contributed by atoms with van der Waals surface area (Å²) in [4.78, 5) is 11.4. The number of rotatable bonds is 3. The van der Waals surface area contributed by atoms with Crippen LogP contribution in [0.2, 0.25) is 0 Å². The molecule has 0 aromatic heterocycles. The summed E-state index contributed by atoms with van der Waals surface area (Å²) in [5.74, 6) is 0.0443. The monoisotopic (exact) mass is 200 g/mol. The molecule has 3 unspecified atom stereocenters. The van der Waals surface area contributed by atoms with E-state index in [1.165, 1.54) is 0 Å².